The molecule has 16 heavy (non-hydrogen) atoms. The molecule has 1 aromatic carbocycles. The Morgan fingerprint density at radius 2 is 2.38 bits per heavy atom. The fourth-order valence-electron chi connectivity index (χ4n) is 2.31. The second kappa shape index (κ2) is 4.34. The number of aryl methyl sites for hydroxylation is 1. The van der Waals surface area contributed by atoms with E-state index in [0.29, 0.717) is 0 Å². The third-order valence-corrected chi connectivity index (χ3v) is 3.21. The average Bonchev–Trinajstić information content (AvgIpc) is 2.82. The van der Waals surface area contributed by atoms with Gasteiger partial charge in [-0.2, -0.15) is 0 Å². The van der Waals surface area contributed by atoms with Crippen LogP contribution in [0.1, 0.15) is 18.4 Å². The van der Waals surface area contributed by atoms with Gasteiger partial charge >= 0.3 is 0 Å². The molecule has 3 heteroatoms. The van der Waals surface area contributed by atoms with Crippen molar-refractivity contribution in [2.24, 2.45) is 0 Å². The van der Waals surface area contributed by atoms with Gasteiger partial charge in [0.1, 0.15) is 11.9 Å². The normalized spacial score (nSPS) is 23.6. The van der Waals surface area contributed by atoms with Gasteiger partial charge in [-0.15, -0.1) is 0 Å². The van der Waals surface area contributed by atoms with E-state index in [1.165, 1.54) is 24.1 Å². The van der Waals surface area contributed by atoms with E-state index in [-0.39, 0.29) is 6.10 Å². The maximum atomic E-state index is 5.88. The van der Waals surface area contributed by atoms with Gasteiger partial charge in [0.15, 0.2) is 0 Å². The van der Waals surface area contributed by atoms with Crippen molar-refractivity contribution in [3.8, 4) is 5.75 Å². The summed E-state index contributed by atoms with van der Waals surface area (Å²) in [4.78, 5) is 0. The Hall–Kier alpha value is -1.22. The standard InChI is InChI=1S/C13H17NO2/c1-2-10-3-4-11(8-13(10)14-6-1)16-12-5-7-15-9-12/h3-4,8,12,14H,1-2,5-7,9H2. The number of nitrogens with one attached hydrogen (secondary N) is 1. The minimum absolute atomic E-state index is 0.238. The Kier molecular flexibility index (Phi) is 2.70. The van der Waals surface area contributed by atoms with Crippen LogP contribution in [-0.4, -0.2) is 25.9 Å². The first-order valence-corrected chi connectivity index (χ1v) is 6.03. The average molecular weight is 219 g/mol. The van der Waals surface area contributed by atoms with E-state index >= 15 is 0 Å². The van der Waals surface area contributed by atoms with Gasteiger partial charge < -0.3 is 14.8 Å². The Morgan fingerprint density at radius 1 is 1.38 bits per heavy atom. The van der Waals surface area contributed by atoms with Crippen molar-refractivity contribution in [1.82, 2.24) is 0 Å². The first-order chi connectivity index (χ1) is 7.92. The first-order valence-electron chi connectivity index (χ1n) is 6.03. The fraction of sp³-hybridized carbons (Fsp3) is 0.538. The molecule has 0 radical (unpaired) electrons. The molecule has 86 valence electrons. The van der Waals surface area contributed by atoms with Crippen molar-refractivity contribution in [3.63, 3.8) is 0 Å². The smallest absolute Gasteiger partial charge is 0.124 e. The first kappa shape index (κ1) is 9.97. The van der Waals surface area contributed by atoms with E-state index in [4.69, 9.17) is 9.47 Å². The van der Waals surface area contributed by atoms with E-state index in [1.807, 2.05) is 0 Å². The second-order valence-electron chi connectivity index (χ2n) is 4.45. The van der Waals surface area contributed by atoms with Gasteiger partial charge in [-0.25, -0.2) is 0 Å². The Labute approximate surface area is 95.8 Å². The molecule has 0 aromatic heterocycles. The number of rotatable bonds is 2. The second-order valence-corrected chi connectivity index (χ2v) is 4.45. The summed E-state index contributed by atoms with van der Waals surface area (Å²) in [7, 11) is 0. The van der Waals surface area contributed by atoms with Gasteiger partial charge in [0.05, 0.1) is 13.2 Å². The molecule has 0 bridgehead atoms. The minimum Gasteiger partial charge on any atom is -0.488 e. The molecule has 0 aliphatic carbocycles. The van der Waals surface area contributed by atoms with Crippen LogP contribution < -0.4 is 10.1 Å². The Balaban J connectivity index is 1.74. The van der Waals surface area contributed by atoms with E-state index in [2.05, 4.69) is 23.5 Å². The predicted octanol–water partition coefficient (Wildman–Crippen LogP) is 2.21. The molecular formula is C13H17NO2. The number of anilines is 1. The highest BCUT2D eigenvalue weighted by Crippen LogP contribution is 2.27. The molecule has 2 aliphatic heterocycles. The lowest BCUT2D eigenvalue weighted by molar-refractivity contribution is 0.141. The molecular weight excluding hydrogens is 202 g/mol. The molecule has 1 N–H and O–H groups in total. The molecule has 0 amide bonds. The number of benzene rings is 1. The van der Waals surface area contributed by atoms with Crippen LogP contribution in [0.2, 0.25) is 0 Å². The summed E-state index contributed by atoms with van der Waals surface area (Å²) in [5.74, 6) is 0.962. The van der Waals surface area contributed by atoms with Crippen LogP contribution >= 0.6 is 0 Å². The predicted molar refractivity (Wildman–Crippen MR) is 63.1 cm³/mol. The summed E-state index contributed by atoms with van der Waals surface area (Å²) in [5, 5.41) is 3.42. The summed E-state index contributed by atoms with van der Waals surface area (Å²) in [6, 6.07) is 6.36. The zero-order chi connectivity index (χ0) is 10.8. The molecule has 2 heterocycles. The molecule has 2 aliphatic rings. The van der Waals surface area contributed by atoms with Crippen LogP contribution in [0.25, 0.3) is 0 Å². The third kappa shape index (κ3) is 2.00. The van der Waals surface area contributed by atoms with Crippen molar-refractivity contribution in [3.05, 3.63) is 23.8 Å². The quantitative estimate of drug-likeness (QED) is 0.827. The lowest BCUT2D eigenvalue weighted by Crippen LogP contribution is -2.16. The number of hydrogen-bond acceptors (Lipinski definition) is 3. The molecule has 1 aromatic rings. The number of fused-ring (bicyclic) bond motifs is 1. The summed E-state index contributed by atoms with van der Waals surface area (Å²) >= 11 is 0. The van der Waals surface area contributed by atoms with E-state index < -0.39 is 0 Å². The molecule has 1 unspecified atom stereocenters. The molecule has 3 nitrogen and oxygen atoms in total. The SMILES string of the molecule is c1cc2c(cc1OC1CCOC1)NCCC2. The van der Waals surface area contributed by atoms with Crippen LogP contribution in [-0.2, 0) is 11.2 Å². The van der Waals surface area contributed by atoms with Gasteiger partial charge in [-0.05, 0) is 24.5 Å². The zero-order valence-electron chi connectivity index (χ0n) is 9.37. The van der Waals surface area contributed by atoms with Gasteiger partial charge in [0.2, 0.25) is 0 Å². The molecule has 1 atom stereocenters. The van der Waals surface area contributed by atoms with Crippen LogP contribution in [0.4, 0.5) is 5.69 Å². The maximum absolute atomic E-state index is 5.88. The van der Waals surface area contributed by atoms with Crippen LogP contribution in [0.5, 0.6) is 5.75 Å². The Bertz CT molecular complexity index is 372. The molecule has 1 fully saturated rings. The summed E-state index contributed by atoms with van der Waals surface area (Å²) in [6.45, 7) is 2.63. The van der Waals surface area contributed by atoms with Gasteiger partial charge in [-0.3, -0.25) is 0 Å². The highest BCUT2D eigenvalue weighted by molar-refractivity contribution is 5.56. The van der Waals surface area contributed by atoms with Crippen molar-refractivity contribution in [2.75, 3.05) is 25.1 Å². The fourth-order valence-corrected chi connectivity index (χ4v) is 2.31. The summed E-state index contributed by atoms with van der Waals surface area (Å²) in [6.07, 6.45) is 3.64. The number of ether oxygens (including phenoxy) is 2. The van der Waals surface area contributed by atoms with Crippen LogP contribution in [0.3, 0.4) is 0 Å². The minimum atomic E-state index is 0.238. The summed E-state index contributed by atoms with van der Waals surface area (Å²) < 4.78 is 11.2. The largest absolute Gasteiger partial charge is 0.488 e. The van der Waals surface area contributed by atoms with Gasteiger partial charge in [0, 0.05) is 24.7 Å². The maximum Gasteiger partial charge on any atom is 0.124 e. The lowest BCUT2D eigenvalue weighted by atomic mass is 10.0. The van der Waals surface area contributed by atoms with Crippen LogP contribution in [0.15, 0.2) is 18.2 Å². The van der Waals surface area contributed by atoms with Crippen molar-refractivity contribution < 1.29 is 9.47 Å². The van der Waals surface area contributed by atoms with Crippen LogP contribution in [0, 0.1) is 0 Å². The summed E-state index contributed by atoms with van der Waals surface area (Å²) in [5.41, 5.74) is 2.64. The topological polar surface area (TPSA) is 30.5 Å². The highest BCUT2D eigenvalue weighted by Gasteiger charge is 2.18. The van der Waals surface area contributed by atoms with Crippen molar-refractivity contribution in [2.45, 2.75) is 25.4 Å². The molecule has 3 rings (SSSR count). The van der Waals surface area contributed by atoms with E-state index in [1.54, 1.807) is 0 Å². The highest BCUT2D eigenvalue weighted by atomic mass is 16.5. The van der Waals surface area contributed by atoms with Gasteiger partial charge in [0.25, 0.3) is 0 Å². The lowest BCUT2D eigenvalue weighted by Gasteiger charge is -2.20. The third-order valence-electron chi connectivity index (χ3n) is 3.21. The van der Waals surface area contributed by atoms with Gasteiger partial charge in [-0.1, -0.05) is 6.07 Å². The van der Waals surface area contributed by atoms with Crippen molar-refractivity contribution in [1.29, 1.82) is 0 Å². The Morgan fingerprint density at radius 3 is 3.25 bits per heavy atom. The molecule has 0 spiro atoms. The number of hydrogen-bond donors (Lipinski definition) is 1. The van der Waals surface area contributed by atoms with E-state index in [9.17, 15) is 0 Å². The molecule has 0 saturated carbocycles. The van der Waals surface area contributed by atoms with E-state index in [0.717, 1.165) is 31.9 Å². The van der Waals surface area contributed by atoms with Crippen molar-refractivity contribution >= 4 is 5.69 Å². The zero-order valence-corrected chi connectivity index (χ0v) is 9.37. The molecule has 1 saturated heterocycles. The monoisotopic (exact) mass is 219 g/mol.